The summed E-state index contributed by atoms with van der Waals surface area (Å²) in [5.41, 5.74) is -1.98. The Bertz CT molecular complexity index is 2370. The van der Waals surface area contributed by atoms with E-state index in [0.29, 0.717) is 26.3 Å². The zero-order valence-corrected chi connectivity index (χ0v) is 31.8. The van der Waals surface area contributed by atoms with Gasteiger partial charge in [-0.2, -0.15) is 4.90 Å². The van der Waals surface area contributed by atoms with E-state index < -0.39 is 50.2 Å². The molecule has 2 amide bonds. The number of sulfone groups is 1. The third kappa shape index (κ3) is 7.51. The number of hydrogen-bond acceptors (Lipinski definition) is 13. The van der Waals surface area contributed by atoms with Gasteiger partial charge in [0.1, 0.15) is 40.2 Å². The van der Waals surface area contributed by atoms with Crippen LogP contribution in [0.4, 0.5) is 25.6 Å². The van der Waals surface area contributed by atoms with Crippen molar-refractivity contribution >= 4 is 66.9 Å². The molecule has 1 aromatic carbocycles. The van der Waals surface area contributed by atoms with E-state index in [9.17, 15) is 18.0 Å². The number of anilines is 2. The fourth-order valence-corrected chi connectivity index (χ4v) is 6.60. The van der Waals surface area contributed by atoms with Crippen molar-refractivity contribution in [3.05, 3.63) is 65.3 Å². The van der Waals surface area contributed by atoms with Gasteiger partial charge in [0, 0.05) is 51.8 Å². The number of fused-ring (bicyclic) bond motifs is 1. The van der Waals surface area contributed by atoms with Crippen LogP contribution < -0.4 is 14.5 Å². The minimum Gasteiger partial charge on any atom is -0.475 e. The highest BCUT2D eigenvalue weighted by atomic mass is 35.5. The molecule has 53 heavy (non-hydrogen) atoms. The molecule has 1 aliphatic heterocycles. The Labute approximate surface area is 310 Å². The van der Waals surface area contributed by atoms with Gasteiger partial charge in [-0.1, -0.05) is 29.8 Å². The fourth-order valence-electron chi connectivity index (χ4n) is 5.81. The second kappa shape index (κ2) is 13.6. The number of pyridine rings is 3. The molecule has 278 valence electrons. The average molecular weight is 766 g/mol. The third-order valence-electron chi connectivity index (χ3n) is 7.97. The lowest BCUT2D eigenvalue weighted by Crippen LogP contribution is -2.45. The molecule has 17 heteroatoms. The highest BCUT2D eigenvalue weighted by Crippen LogP contribution is 2.43. The molecule has 0 fully saturated rings. The zero-order valence-electron chi connectivity index (χ0n) is 30.3. The van der Waals surface area contributed by atoms with E-state index in [1.54, 1.807) is 89.9 Å². The SMILES string of the molecule is C[C@H](c1cccnc1N(C(=O)OC(C)(C)C)C(=O)OC(C)(C)C)N1CCOc2nc(-c3cncc4cccc(Cl)c34)c(F)c3nc(S(C)(=O)=O)nc1c23. The third-order valence-corrected chi connectivity index (χ3v) is 9.13. The summed E-state index contributed by atoms with van der Waals surface area (Å²) in [7, 11) is -4.11. The summed E-state index contributed by atoms with van der Waals surface area (Å²) in [4.78, 5) is 51.5. The number of imide groups is 1. The summed E-state index contributed by atoms with van der Waals surface area (Å²) < 4.78 is 60.2. The summed E-state index contributed by atoms with van der Waals surface area (Å²) in [5.74, 6) is -1.13. The van der Waals surface area contributed by atoms with Crippen LogP contribution in [0.1, 0.15) is 60.1 Å². The number of hydrogen-bond donors (Lipinski definition) is 0. The number of rotatable bonds is 5. The van der Waals surface area contributed by atoms with Gasteiger partial charge in [0.2, 0.25) is 20.9 Å². The Morgan fingerprint density at radius 1 is 0.981 bits per heavy atom. The zero-order chi connectivity index (χ0) is 38.6. The first-order valence-electron chi connectivity index (χ1n) is 16.5. The maximum atomic E-state index is 16.9. The maximum Gasteiger partial charge on any atom is 0.425 e. The number of carbonyl (C=O) groups excluding carboxylic acids is 2. The largest absolute Gasteiger partial charge is 0.475 e. The molecular formula is C36H37ClFN7O7S. The lowest BCUT2D eigenvalue weighted by molar-refractivity contribution is 0.0428. The maximum absolute atomic E-state index is 16.9. The summed E-state index contributed by atoms with van der Waals surface area (Å²) in [6.45, 7) is 11.7. The van der Waals surface area contributed by atoms with Crippen molar-refractivity contribution in [1.29, 1.82) is 0 Å². The van der Waals surface area contributed by atoms with Crippen molar-refractivity contribution in [2.45, 2.75) is 70.9 Å². The first kappa shape index (κ1) is 37.5. The van der Waals surface area contributed by atoms with Crippen molar-refractivity contribution in [3.8, 4) is 17.1 Å². The predicted molar refractivity (Wildman–Crippen MR) is 197 cm³/mol. The second-order valence-corrected chi connectivity index (χ2v) is 16.7. The molecule has 6 rings (SSSR count). The van der Waals surface area contributed by atoms with Crippen LogP contribution in [0.15, 0.2) is 54.1 Å². The van der Waals surface area contributed by atoms with Gasteiger partial charge < -0.3 is 19.1 Å². The van der Waals surface area contributed by atoms with Crippen molar-refractivity contribution in [1.82, 2.24) is 24.9 Å². The molecule has 0 aliphatic carbocycles. The molecular weight excluding hydrogens is 729 g/mol. The summed E-state index contributed by atoms with van der Waals surface area (Å²) >= 11 is 6.57. The van der Waals surface area contributed by atoms with E-state index in [1.807, 2.05) is 0 Å². The molecule has 4 aromatic heterocycles. The molecule has 14 nitrogen and oxygen atoms in total. The molecule has 0 radical (unpaired) electrons. The summed E-state index contributed by atoms with van der Waals surface area (Å²) in [6.07, 6.45) is 3.23. The van der Waals surface area contributed by atoms with Gasteiger partial charge in [-0.3, -0.25) is 4.98 Å². The van der Waals surface area contributed by atoms with Gasteiger partial charge in [-0.15, -0.1) is 0 Å². The van der Waals surface area contributed by atoms with E-state index in [-0.39, 0.29) is 52.8 Å². The van der Waals surface area contributed by atoms with Gasteiger partial charge in [0.05, 0.1) is 12.6 Å². The van der Waals surface area contributed by atoms with E-state index in [1.165, 1.54) is 12.4 Å². The van der Waals surface area contributed by atoms with Crippen molar-refractivity contribution in [3.63, 3.8) is 0 Å². The summed E-state index contributed by atoms with van der Waals surface area (Å²) in [6, 6.07) is 7.58. The molecule has 1 atom stereocenters. The fraction of sp³-hybridized carbons (Fsp3) is 0.361. The van der Waals surface area contributed by atoms with Gasteiger partial charge in [-0.05, 0) is 60.6 Å². The number of amides is 2. The quantitative estimate of drug-likeness (QED) is 0.162. The standard InChI is InChI=1S/C36H37ClFN7O7S/c1-19(21-12-10-14-40-29(21)45(33(46)51-35(2,3)4)34(47)52-36(5,6)7)44-15-16-50-31-25-28(42-32(43-30(25)44)53(8,48)49)26(38)27(41-31)22-18-39-17-20-11-9-13-23(37)24(20)22/h9-14,17-19H,15-16H2,1-8H3/t19-/m1/s1. The minimum absolute atomic E-state index is 0.00359. The second-order valence-electron chi connectivity index (χ2n) is 14.4. The van der Waals surface area contributed by atoms with Crippen LogP contribution in [-0.4, -0.2) is 76.1 Å². The number of nitrogens with zero attached hydrogens (tertiary/aromatic N) is 7. The molecule has 0 N–H and O–H groups in total. The van der Waals surface area contributed by atoms with Crippen LogP contribution in [0.2, 0.25) is 5.02 Å². The normalized spacial score (nSPS) is 14.0. The number of ether oxygens (including phenoxy) is 3. The number of aromatic nitrogens is 5. The first-order valence-corrected chi connectivity index (χ1v) is 18.8. The predicted octanol–water partition coefficient (Wildman–Crippen LogP) is 7.47. The number of halogens is 2. The topological polar surface area (TPSA) is 167 Å². The average Bonchev–Trinajstić information content (AvgIpc) is 3.24. The Morgan fingerprint density at radius 2 is 1.66 bits per heavy atom. The van der Waals surface area contributed by atoms with E-state index in [0.717, 1.165) is 6.26 Å². The molecule has 0 spiro atoms. The van der Waals surface area contributed by atoms with Crippen LogP contribution in [0.5, 0.6) is 5.88 Å². The molecule has 0 saturated heterocycles. The molecule has 0 saturated carbocycles. The first-order chi connectivity index (χ1) is 24.7. The Morgan fingerprint density at radius 3 is 2.30 bits per heavy atom. The molecule has 5 heterocycles. The summed E-state index contributed by atoms with van der Waals surface area (Å²) in [5, 5.41) is 0.788. The van der Waals surface area contributed by atoms with E-state index >= 15 is 4.39 Å². The Kier molecular flexibility index (Phi) is 9.66. The van der Waals surface area contributed by atoms with E-state index in [4.69, 9.17) is 25.8 Å². The van der Waals surface area contributed by atoms with Crippen molar-refractivity contribution in [2.24, 2.45) is 0 Å². The van der Waals surface area contributed by atoms with Crippen LogP contribution in [0.3, 0.4) is 0 Å². The monoisotopic (exact) mass is 765 g/mol. The van der Waals surface area contributed by atoms with E-state index in [2.05, 4.69) is 24.9 Å². The minimum atomic E-state index is -4.11. The van der Waals surface area contributed by atoms with Crippen LogP contribution in [0, 0.1) is 5.82 Å². The molecule has 0 bridgehead atoms. The lowest BCUT2D eigenvalue weighted by Gasteiger charge is -2.33. The van der Waals surface area contributed by atoms with Crippen LogP contribution >= 0.6 is 11.6 Å². The van der Waals surface area contributed by atoms with Crippen molar-refractivity contribution < 1.29 is 36.6 Å². The highest BCUT2D eigenvalue weighted by molar-refractivity contribution is 7.90. The molecule has 1 aliphatic rings. The lowest BCUT2D eigenvalue weighted by atomic mass is 10.0. The van der Waals surface area contributed by atoms with Gasteiger partial charge in [-0.25, -0.2) is 42.3 Å². The van der Waals surface area contributed by atoms with Gasteiger partial charge in [0.25, 0.3) is 0 Å². The van der Waals surface area contributed by atoms with Crippen LogP contribution in [-0.2, 0) is 19.3 Å². The molecule has 5 aromatic rings. The Balaban J connectivity index is 1.57. The number of benzene rings is 1. The Hall–Kier alpha value is -5.22. The number of carbonyl (C=O) groups is 2. The van der Waals surface area contributed by atoms with Gasteiger partial charge >= 0.3 is 12.2 Å². The molecule has 0 unspecified atom stereocenters. The highest BCUT2D eigenvalue weighted by Gasteiger charge is 2.38. The van der Waals surface area contributed by atoms with Gasteiger partial charge in [0.15, 0.2) is 11.6 Å². The van der Waals surface area contributed by atoms with Crippen molar-refractivity contribution in [2.75, 3.05) is 29.2 Å². The van der Waals surface area contributed by atoms with Crippen LogP contribution in [0.25, 0.3) is 32.9 Å². The smallest absolute Gasteiger partial charge is 0.425 e.